The molecule has 212 valence electrons. The van der Waals surface area contributed by atoms with Gasteiger partial charge in [0, 0.05) is 43.0 Å². The van der Waals surface area contributed by atoms with Crippen LogP contribution >= 0.6 is 0 Å². The molecule has 0 aromatic heterocycles. The molecule has 2 atom stereocenters. The molecule has 2 aliphatic rings. The van der Waals surface area contributed by atoms with Crippen LogP contribution in [0.15, 0.2) is 89.0 Å². The molecule has 0 radical (unpaired) electrons. The monoisotopic (exact) mass is 554 g/mol. The van der Waals surface area contributed by atoms with Gasteiger partial charge in [0.25, 0.3) is 5.91 Å². The molecule has 10 nitrogen and oxygen atoms in total. The van der Waals surface area contributed by atoms with Crippen molar-refractivity contribution >= 4 is 11.8 Å². The highest BCUT2D eigenvalue weighted by Gasteiger charge is 2.54. The van der Waals surface area contributed by atoms with Gasteiger partial charge < -0.3 is 14.6 Å². The molecule has 0 saturated carbocycles. The van der Waals surface area contributed by atoms with E-state index in [9.17, 15) is 4.79 Å². The van der Waals surface area contributed by atoms with Crippen LogP contribution in [0.1, 0.15) is 47.6 Å². The van der Waals surface area contributed by atoms with Crippen molar-refractivity contribution in [3.8, 4) is 5.75 Å². The Balaban J connectivity index is 1.59. The fourth-order valence-electron chi connectivity index (χ4n) is 5.28. The van der Waals surface area contributed by atoms with Crippen molar-refractivity contribution in [1.29, 1.82) is 0 Å². The molecule has 0 aliphatic carbocycles. The van der Waals surface area contributed by atoms with Crippen LogP contribution in [0.3, 0.4) is 0 Å². The Kier molecular flexibility index (Phi) is 9.15. The minimum Gasteiger partial charge on any atom is -0.494 e. The minimum atomic E-state index is -1.33. The van der Waals surface area contributed by atoms with Crippen molar-refractivity contribution in [2.75, 3.05) is 26.3 Å². The molecule has 0 spiro atoms. The van der Waals surface area contributed by atoms with E-state index >= 15 is 0 Å². The lowest BCUT2D eigenvalue weighted by Crippen LogP contribution is -2.54. The van der Waals surface area contributed by atoms with Gasteiger partial charge in [0.05, 0.1) is 13.2 Å². The van der Waals surface area contributed by atoms with E-state index in [4.69, 9.17) is 25.1 Å². The summed E-state index contributed by atoms with van der Waals surface area (Å²) in [7, 11) is 0. The third kappa shape index (κ3) is 6.52. The number of benzene rings is 3. The van der Waals surface area contributed by atoms with Gasteiger partial charge in [-0.1, -0.05) is 59.7 Å². The number of azide groups is 1. The Labute approximate surface area is 239 Å². The Morgan fingerprint density at radius 3 is 2.56 bits per heavy atom. The first-order valence-corrected chi connectivity index (χ1v) is 13.9. The normalized spacial score (nSPS) is 20.1. The van der Waals surface area contributed by atoms with E-state index in [1.165, 1.54) is 0 Å². The highest BCUT2D eigenvalue weighted by atomic mass is 16.5. The number of amides is 1. The molecule has 3 aromatic carbocycles. The molecule has 2 aliphatic heterocycles. The Morgan fingerprint density at radius 2 is 1.83 bits per heavy atom. The van der Waals surface area contributed by atoms with Gasteiger partial charge in [0.15, 0.2) is 11.6 Å². The van der Waals surface area contributed by atoms with Crippen molar-refractivity contribution in [2.45, 2.75) is 43.9 Å². The minimum absolute atomic E-state index is 0.0637. The van der Waals surface area contributed by atoms with Gasteiger partial charge in [-0.25, -0.2) is 10.0 Å². The summed E-state index contributed by atoms with van der Waals surface area (Å²) in [5.74, 6) is 0.771. The maximum atomic E-state index is 14.4. The van der Waals surface area contributed by atoms with Crippen LogP contribution in [0, 0.1) is 0 Å². The summed E-state index contributed by atoms with van der Waals surface area (Å²) in [4.78, 5) is 22.4. The molecule has 3 aromatic rings. The van der Waals surface area contributed by atoms with E-state index in [1.807, 2.05) is 83.9 Å². The second-order valence-electron chi connectivity index (χ2n) is 10.2. The number of rotatable bonds is 12. The van der Waals surface area contributed by atoms with Gasteiger partial charge in [0.1, 0.15) is 5.75 Å². The Morgan fingerprint density at radius 1 is 1.10 bits per heavy atom. The predicted molar refractivity (Wildman–Crippen MR) is 155 cm³/mol. The van der Waals surface area contributed by atoms with Crippen molar-refractivity contribution < 1.29 is 19.4 Å². The van der Waals surface area contributed by atoms with Gasteiger partial charge in [-0.05, 0) is 59.3 Å². The fourth-order valence-corrected chi connectivity index (χ4v) is 5.28. The van der Waals surface area contributed by atoms with Crippen molar-refractivity contribution in [3.63, 3.8) is 0 Å². The first kappa shape index (κ1) is 28.2. The summed E-state index contributed by atoms with van der Waals surface area (Å²) in [6.07, 6.45) is 2.11. The van der Waals surface area contributed by atoms with Crippen molar-refractivity contribution in [3.05, 3.63) is 112 Å². The molecule has 1 amide bonds. The molecule has 1 saturated heterocycles. The number of carbonyl (C=O) groups excluding carboxylic acids is 1. The van der Waals surface area contributed by atoms with Crippen LogP contribution < -0.4 is 10.2 Å². The van der Waals surface area contributed by atoms with Gasteiger partial charge in [-0.15, -0.1) is 0 Å². The summed E-state index contributed by atoms with van der Waals surface area (Å²) in [5.41, 5.74) is 14.0. The molecule has 0 bridgehead atoms. The summed E-state index contributed by atoms with van der Waals surface area (Å²) in [6, 6.07) is 24.7. The number of nitrogens with one attached hydrogen (secondary N) is 1. The summed E-state index contributed by atoms with van der Waals surface area (Å²) < 4.78 is 12.3. The third-order valence-electron chi connectivity index (χ3n) is 7.35. The predicted octanol–water partition coefficient (Wildman–Crippen LogP) is 4.88. The number of hydrazine groups is 1. The van der Waals surface area contributed by atoms with Crippen molar-refractivity contribution in [2.24, 2.45) is 10.1 Å². The molecule has 10 heteroatoms. The van der Waals surface area contributed by atoms with E-state index in [0.717, 1.165) is 42.6 Å². The zero-order chi connectivity index (χ0) is 28.5. The van der Waals surface area contributed by atoms with Crippen LogP contribution in [0.2, 0.25) is 0 Å². The first-order chi connectivity index (χ1) is 20.1. The lowest BCUT2D eigenvalue weighted by atomic mass is 9.80. The van der Waals surface area contributed by atoms with Gasteiger partial charge in [-0.3, -0.25) is 10.2 Å². The molecule has 0 unspecified atom stereocenters. The number of hydrogen-bond acceptors (Lipinski definition) is 7. The maximum absolute atomic E-state index is 14.4. The first-order valence-electron chi connectivity index (χ1n) is 13.9. The number of carbonyl (C=O) groups is 1. The Hall–Kier alpha value is -4.37. The van der Waals surface area contributed by atoms with Crippen molar-refractivity contribution in [1.82, 2.24) is 10.4 Å². The number of aliphatic hydroxyl groups is 1. The SMILES string of the molecule is [N-]=[N+]=NCc1ccccc1[C@@H]1OC(c2ccc(OCCCO)cc2)=N[C@]1(Cc1ccccc1)C(=O)NN1CCCC1. The zero-order valence-electron chi connectivity index (χ0n) is 22.9. The van der Waals surface area contributed by atoms with E-state index in [2.05, 4.69) is 15.5 Å². The zero-order valence-corrected chi connectivity index (χ0v) is 22.9. The van der Waals surface area contributed by atoms with E-state index in [-0.39, 0.29) is 19.1 Å². The largest absolute Gasteiger partial charge is 0.494 e. The van der Waals surface area contributed by atoms with Crippen LogP contribution in [0.5, 0.6) is 5.75 Å². The molecule has 5 rings (SSSR count). The molecule has 2 heterocycles. The second-order valence-corrected chi connectivity index (χ2v) is 10.2. The molecule has 2 N–H and O–H groups in total. The third-order valence-corrected chi connectivity index (χ3v) is 7.35. The van der Waals surface area contributed by atoms with E-state index in [1.54, 1.807) is 0 Å². The molecular formula is C31H34N6O4. The van der Waals surface area contributed by atoms with Crippen LogP contribution in [0.25, 0.3) is 10.4 Å². The molecular weight excluding hydrogens is 520 g/mol. The number of aliphatic hydroxyl groups excluding tert-OH is 1. The highest BCUT2D eigenvalue weighted by Crippen LogP contribution is 2.44. The van der Waals surface area contributed by atoms with E-state index in [0.29, 0.717) is 36.7 Å². The standard InChI is InChI=1S/C31H34N6O4/c32-36-33-22-25-11-4-5-12-27(25)28-31(21-23-9-2-1-3-10-23,30(39)35-37-17-6-7-18-37)34-29(41-28)24-13-15-26(16-14-24)40-20-8-19-38/h1-5,9-16,28,38H,6-8,17-22H2,(H,35,39)/t28-,31-/m0/s1. The summed E-state index contributed by atoms with van der Waals surface area (Å²) >= 11 is 0. The summed E-state index contributed by atoms with van der Waals surface area (Å²) in [5, 5.41) is 14.8. The second kappa shape index (κ2) is 13.3. The molecule has 41 heavy (non-hydrogen) atoms. The lowest BCUT2D eigenvalue weighted by Gasteiger charge is -2.33. The lowest BCUT2D eigenvalue weighted by molar-refractivity contribution is -0.133. The number of aliphatic imine (C=N–C) groups is 1. The van der Waals surface area contributed by atoms with Crippen LogP contribution in [-0.4, -0.2) is 53.8 Å². The number of hydrogen-bond donors (Lipinski definition) is 2. The highest BCUT2D eigenvalue weighted by molar-refractivity contribution is 6.01. The summed E-state index contributed by atoms with van der Waals surface area (Å²) in [6.45, 7) is 2.15. The fraction of sp³-hybridized carbons (Fsp3) is 0.355. The smallest absolute Gasteiger partial charge is 0.266 e. The number of nitrogens with zero attached hydrogens (tertiary/aromatic N) is 5. The van der Waals surface area contributed by atoms with Crippen LogP contribution in [-0.2, 0) is 22.5 Å². The van der Waals surface area contributed by atoms with Gasteiger partial charge in [-0.2, -0.15) is 0 Å². The van der Waals surface area contributed by atoms with Gasteiger partial charge in [0.2, 0.25) is 5.90 Å². The van der Waals surface area contributed by atoms with Crippen LogP contribution in [0.4, 0.5) is 0 Å². The quantitative estimate of drug-likeness (QED) is 0.142. The maximum Gasteiger partial charge on any atom is 0.266 e. The van der Waals surface area contributed by atoms with Gasteiger partial charge >= 0.3 is 0 Å². The molecule has 1 fully saturated rings. The number of ether oxygens (including phenoxy) is 2. The van der Waals surface area contributed by atoms with E-state index < -0.39 is 11.6 Å². The topological polar surface area (TPSA) is 132 Å². The average molecular weight is 555 g/mol. The Bertz CT molecular complexity index is 1400. The average Bonchev–Trinajstić information content (AvgIpc) is 3.66.